The van der Waals surface area contributed by atoms with Crippen LogP contribution in [0.4, 0.5) is 0 Å². The van der Waals surface area contributed by atoms with Gasteiger partial charge < -0.3 is 10.2 Å². The second-order valence-corrected chi connectivity index (χ2v) is 8.73. The second-order valence-electron chi connectivity index (χ2n) is 6.79. The Morgan fingerprint density at radius 1 is 1.04 bits per heavy atom. The van der Waals surface area contributed by atoms with Crippen LogP contribution >= 0.6 is 22.7 Å². The third kappa shape index (κ3) is 4.03. The van der Waals surface area contributed by atoms with Gasteiger partial charge in [-0.1, -0.05) is 36.4 Å². The Morgan fingerprint density at radius 3 is 2.68 bits per heavy atom. The van der Waals surface area contributed by atoms with Crippen LogP contribution in [0.25, 0.3) is 0 Å². The summed E-state index contributed by atoms with van der Waals surface area (Å²) in [4.78, 5) is 29.1. The highest BCUT2D eigenvalue weighted by molar-refractivity contribution is 7.12. The third-order valence-corrected chi connectivity index (χ3v) is 6.86. The van der Waals surface area contributed by atoms with Crippen molar-refractivity contribution in [3.63, 3.8) is 0 Å². The summed E-state index contributed by atoms with van der Waals surface area (Å²) in [7, 11) is 0. The smallest absolute Gasteiger partial charge is 0.261 e. The number of benzene rings is 1. The topological polar surface area (TPSA) is 49.4 Å². The molecule has 3 heterocycles. The summed E-state index contributed by atoms with van der Waals surface area (Å²) in [6.45, 7) is 1.25. The fourth-order valence-corrected chi connectivity index (χ4v) is 5.20. The first kappa shape index (κ1) is 18.9. The average molecular weight is 411 g/mol. The number of nitrogens with one attached hydrogen (secondary N) is 1. The lowest BCUT2D eigenvalue weighted by atomic mass is 9.93. The number of carbonyl (C=O) groups excluding carboxylic acids is 2. The number of nitrogens with zero attached hydrogens (tertiary/aromatic N) is 1. The summed E-state index contributed by atoms with van der Waals surface area (Å²) in [5, 5.41) is 6.91. The van der Waals surface area contributed by atoms with Crippen molar-refractivity contribution in [3.8, 4) is 0 Å². The Bertz CT molecular complexity index is 935. The van der Waals surface area contributed by atoms with Crippen LogP contribution in [0.1, 0.15) is 44.6 Å². The van der Waals surface area contributed by atoms with Crippen molar-refractivity contribution in [2.45, 2.75) is 25.3 Å². The Kier molecular flexibility index (Phi) is 5.88. The van der Waals surface area contributed by atoms with Gasteiger partial charge in [0.2, 0.25) is 5.91 Å². The summed E-state index contributed by atoms with van der Waals surface area (Å²) >= 11 is 3.20. The molecular weight excluding hydrogens is 388 g/mol. The fraction of sp³-hybridized carbons (Fsp3) is 0.273. The first-order valence-corrected chi connectivity index (χ1v) is 11.2. The number of carbonyl (C=O) groups is 2. The number of hydrogen-bond acceptors (Lipinski definition) is 4. The van der Waals surface area contributed by atoms with E-state index in [2.05, 4.69) is 28.9 Å². The molecule has 0 aliphatic carbocycles. The second kappa shape index (κ2) is 8.71. The maximum Gasteiger partial charge on any atom is 0.261 e. The summed E-state index contributed by atoms with van der Waals surface area (Å²) in [6.07, 6.45) is 2.00. The number of amides is 2. The van der Waals surface area contributed by atoms with Crippen molar-refractivity contribution in [2.24, 2.45) is 0 Å². The van der Waals surface area contributed by atoms with Crippen LogP contribution in [0, 0.1) is 0 Å². The zero-order valence-corrected chi connectivity index (χ0v) is 17.1. The first-order valence-electron chi connectivity index (χ1n) is 9.46. The van der Waals surface area contributed by atoms with E-state index in [9.17, 15) is 9.59 Å². The average Bonchev–Trinajstić information content (AvgIpc) is 3.42. The lowest BCUT2D eigenvalue weighted by molar-refractivity contribution is -0.133. The maximum atomic E-state index is 13.0. The molecule has 2 amide bonds. The molecule has 1 aliphatic heterocycles. The minimum Gasteiger partial charge on any atom is -0.351 e. The van der Waals surface area contributed by atoms with Crippen LogP contribution in [-0.4, -0.2) is 29.8 Å². The van der Waals surface area contributed by atoms with E-state index in [4.69, 9.17) is 0 Å². The highest BCUT2D eigenvalue weighted by Gasteiger charge is 2.32. The van der Waals surface area contributed by atoms with E-state index in [1.165, 1.54) is 21.8 Å². The largest absolute Gasteiger partial charge is 0.351 e. The van der Waals surface area contributed by atoms with Crippen LogP contribution in [0.5, 0.6) is 0 Å². The predicted molar refractivity (Wildman–Crippen MR) is 114 cm³/mol. The zero-order valence-electron chi connectivity index (χ0n) is 15.5. The van der Waals surface area contributed by atoms with Gasteiger partial charge in [-0.25, -0.2) is 0 Å². The van der Waals surface area contributed by atoms with E-state index in [-0.39, 0.29) is 17.9 Å². The molecule has 0 saturated heterocycles. The van der Waals surface area contributed by atoms with E-state index in [0.717, 1.165) is 18.5 Å². The minimum atomic E-state index is -0.0644. The van der Waals surface area contributed by atoms with Crippen molar-refractivity contribution in [1.82, 2.24) is 10.2 Å². The molecule has 144 valence electrons. The molecular formula is C22H22N2O2S2. The molecule has 4 nitrogen and oxygen atoms in total. The molecule has 1 aromatic carbocycles. The van der Waals surface area contributed by atoms with Crippen molar-refractivity contribution in [2.75, 3.05) is 13.1 Å². The number of hydrogen-bond donors (Lipinski definition) is 1. The Balaban J connectivity index is 1.39. The standard InChI is InChI=1S/C22H22N2O2S2/c25-20(9-4-12-23-22(26)19-8-5-14-27-19)24-13-10-18-17(11-15-28-18)21(24)16-6-2-1-3-7-16/h1-3,5-8,11,14-15,21H,4,9-10,12-13H2,(H,23,26). The van der Waals surface area contributed by atoms with Crippen molar-refractivity contribution < 1.29 is 9.59 Å². The van der Waals surface area contributed by atoms with E-state index in [0.29, 0.717) is 24.3 Å². The van der Waals surface area contributed by atoms with Crippen LogP contribution in [0.3, 0.4) is 0 Å². The SMILES string of the molecule is O=C(NCCCC(=O)N1CCc2sccc2C1c1ccccc1)c1cccs1. The Labute approximate surface area is 172 Å². The van der Waals surface area contributed by atoms with E-state index < -0.39 is 0 Å². The molecule has 28 heavy (non-hydrogen) atoms. The molecule has 1 unspecified atom stereocenters. The molecule has 3 aromatic rings. The van der Waals surface area contributed by atoms with E-state index >= 15 is 0 Å². The van der Waals surface area contributed by atoms with Gasteiger partial charge in [-0.15, -0.1) is 22.7 Å². The normalized spacial score (nSPS) is 15.9. The summed E-state index contributed by atoms with van der Waals surface area (Å²) < 4.78 is 0. The van der Waals surface area contributed by atoms with Gasteiger partial charge in [-0.2, -0.15) is 0 Å². The van der Waals surface area contributed by atoms with Crippen molar-refractivity contribution in [1.29, 1.82) is 0 Å². The molecule has 4 rings (SSSR count). The number of thiophene rings is 2. The molecule has 0 radical (unpaired) electrons. The molecule has 0 saturated carbocycles. The van der Waals surface area contributed by atoms with Crippen LogP contribution in [0.15, 0.2) is 59.3 Å². The van der Waals surface area contributed by atoms with Gasteiger partial charge >= 0.3 is 0 Å². The van der Waals surface area contributed by atoms with Gasteiger partial charge in [0.1, 0.15) is 0 Å². The Hall–Kier alpha value is -2.44. The zero-order chi connectivity index (χ0) is 19.3. The summed E-state index contributed by atoms with van der Waals surface area (Å²) in [5.41, 5.74) is 2.41. The first-order chi connectivity index (χ1) is 13.7. The molecule has 6 heteroatoms. The van der Waals surface area contributed by atoms with Crippen LogP contribution < -0.4 is 5.32 Å². The van der Waals surface area contributed by atoms with E-state index in [1.54, 1.807) is 11.3 Å². The molecule has 1 aliphatic rings. The predicted octanol–water partition coefficient (Wildman–Crippen LogP) is 4.49. The van der Waals surface area contributed by atoms with Gasteiger partial charge in [0.05, 0.1) is 10.9 Å². The summed E-state index contributed by atoms with van der Waals surface area (Å²) in [5.74, 6) is 0.0848. The van der Waals surface area contributed by atoms with Crippen molar-refractivity contribution in [3.05, 3.63) is 80.2 Å². The Morgan fingerprint density at radius 2 is 1.89 bits per heavy atom. The maximum absolute atomic E-state index is 13.0. The van der Waals surface area contributed by atoms with Crippen LogP contribution in [0.2, 0.25) is 0 Å². The minimum absolute atomic E-state index is 0.00981. The monoisotopic (exact) mass is 410 g/mol. The highest BCUT2D eigenvalue weighted by Crippen LogP contribution is 2.38. The van der Waals surface area contributed by atoms with Gasteiger partial charge in [0.25, 0.3) is 5.91 Å². The van der Waals surface area contributed by atoms with Crippen molar-refractivity contribution >= 4 is 34.5 Å². The third-order valence-electron chi connectivity index (χ3n) is 5.00. The van der Waals surface area contributed by atoms with Gasteiger partial charge in [-0.3, -0.25) is 9.59 Å². The number of rotatable bonds is 6. The van der Waals surface area contributed by atoms with Gasteiger partial charge in [0.15, 0.2) is 0 Å². The van der Waals surface area contributed by atoms with Gasteiger partial charge in [-0.05, 0) is 46.9 Å². The fourth-order valence-electron chi connectivity index (χ4n) is 3.66. The molecule has 0 fully saturated rings. The highest BCUT2D eigenvalue weighted by atomic mass is 32.1. The lowest BCUT2D eigenvalue weighted by Gasteiger charge is -2.36. The molecule has 0 bridgehead atoms. The van der Waals surface area contributed by atoms with Gasteiger partial charge in [0, 0.05) is 24.4 Å². The molecule has 1 N–H and O–H groups in total. The molecule has 1 atom stereocenters. The summed E-state index contributed by atoms with van der Waals surface area (Å²) in [6, 6.07) is 16.1. The van der Waals surface area contributed by atoms with Crippen LogP contribution in [-0.2, 0) is 11.2 Å². The quantitative estimate of drug-likeness (QED) is 0.609. The molecule has 0 spiro atoms. The van der Waals surface area contributed by atoms with E-state index in [1.807, 2.05) is 40.6 Å². The number of fused-ring (bicyclic) bond motifs is 1. The molecule has 2 aromatic heterocycles. The lowest BCUT2D eigenvalue weighted by Crippen LogP contribution is -2.40.